The minimum atomic E-state index is -5.13. The number of nitro benzene ring substituents is 1. The predicted molar refractivity (Wildman–Crippen MR) is 54.2 cm³/mol. The number of nitrogens with zero attached hydrogens (tertiary/aromatic N) is 1. The number of rotatable bonds is 5. The molecule has 0 aliphatic carbocycles. The van der Waals surface area contributed by atoms with E-state index in [1.807, 2.05) is 0 Å². The van der Waals surface area contributed by atoms with Gasteiger partial charge in [-0.2, -0.15) is 0 Å². The minimum absolute atomic E-state index is 0. The van der Waals surface area contributed by atoms with Gasteiger partial charge in [-0.25, -0.2) is 0 Å². The SMILES string of the molecule is COc1ccc([N+](=O)[O-])cc1OC[B-](F)(F)F.[K+]. The molecule has 94 valence electrons. The van der Waals surface area contributed by atoms with Crippen LogP contribution in [-0.2, 0) is 0 Å². The van der Waals surface area contributed by atoms with Crippen LogP contribution >= 0.6 is 0 Å². The molecule has 0 aliphatic heterocycles. The number of non-ortho nitro benzene ring substituents is 1. The summed E-state index contributed by atoms with van der Waals surface area (Å²) in [6, 6.07) is 3.18. The number of benzene rings is 1. The molecular weight excluding hydrogens is 281 g/mol. The molecule has 0 saturated carbocycles. The Hall–Kier alpha value is -0.289. The van der Waals surface area contributed by atoms with Crippen LogP contribution < -0.4 is 60.9 Å². The zero-order valence-corrected chi connectivity index (χ0v) is 12.9. The summed E-state index contributed by atoms with van der Waals surface area (Å²) in [6.07, 6.45) is 0. The molecule has 1 aromatic rings. The molecular formula is C8H8BF3KNO4. The molecule has 5 nitrogen and oxygen atoms in total. The van der Waals surface area contributed by atoms with Crippen molar-refractivity contribution in [1.82, 2.24) is 0 Å². The molecule has 0 fully saturated rings. The van der Waals surface area contributed by atoms with E-state index in [1.54, 1.807) is 0 Å². The Morgan fingerprint density at radius 3 is 2.39 bits per heavy atom. The first-order valence-electron chi connectivity index (χ1n) is 4.49. The third-order valence-corrected chi connectivity index (χ3v) is 1.79. The molecule has 1 rings (SSSR count). The summed E-state index contributed by atoms with van der Waals surface area (Å²) >= 11 is 0. The van der Waals surface area contributed by atoms with E-state index in [4.69, 9.17) is 4.74 Å². The molecule has 0 N–H and O–H groups in total. The van der Waals surface area contributed by atoms with Gasteiger partial charge in [-0.3, -0.25) is 10.1 Å². The topological polar surface area (TPSA) is 61.6 Å². The van der Waals surface area contributed by atoms with Crippen LogP contribution in [0.15, 0.2) is 18.2 Å². The Morgan fingerprint density at radius 2 is 1.94 bits per heavy atom. The van der Waals surface area contributed by atoms with E-state index in [2.05, 4.69) is 4.74 Å². The van der Waals surface area contributed by atoms with Crippen LogP contribution in [0.25, 0.3) is 0 Å². The van der Waals surface area contributed by atoms with Gasteiger partial charge in [0.05, 0.1) is 24.6 Å². The van der Waals surface area contributed by atoms with E-state index in [1.165, 1.54) is 13.2 Å². The maximum Gasteiger partial charge on any atom is 1.00 e. The molecule has 18 heavy (non-hydrogen) atoms. The van der Waals surface area contributed by atoms with Gasteiger partial charge in [-0.05, 0) is 6.07 Å². The molecule has 0 aromatic heterocycles. The molecule has 0 saturated heterocycles. The first kappa shape index (κ1) is 17.7. The van der Waals surface area contributed by atoms with Gasteiger partial charge < -0.3 is 22.4 Å². The zero-order valence-electron chi connectivity index (χ0n) is 9.73. The van der Waals surface area contributed by atoms with Gasteiger partial charge in [-0.1, -0.05) is 0 Å². The second-order valence-corrected chi connectivity index (χ2v) is 3.11. The average Bonchev–Trinajstić information content (AvgIpc) is 2.24. The average molecular weight is 289 g/mol. The summed E-state index contributed by atoms with van der Waals surface area (Å²) in [4.78, 5) is 9.71. The summed E-state index contributed by atoms with van der Waals surface area (Å²) in [5.74, 6) is -0.295. The number of nitro groups is 1. The van der Waals surface area contributed by atoms with Crippen molar-refractivity contribution in [3.8, 4) is 11.5 Å². The third-order valence-electron chi connectivity index (χ3n) is 1.79. The van der Waals surface area contributed by atoms with Crippen LogP contribution in [0.2, 0.25) is 0 Å². The largest absolute Gasteiger partial charge is 1.00 e. The van der Waals surface area contributed by atoms with Gasteiger partial charge >= 0.3 is 58.4 Å². The van der Waals surface area contributed by atoms with Gasteiger partial charge in [0.1, 0.15) is 0 Å². The Morgan fingerprint density at radius 1 is 1.33 bits per heavy atom. The van der Waals surface area contributed by atoms with Crippen LogP contribution in [0.3, 0.4) is 0 Å². The second kappa shape index (κ2) is 7.34. The molecule has 0 atom stereocenters. The Kier molecular flexibility index (Phi) is 7.22. The molecule has 1 aromatic carbocycles. The van der Waals surface area contributed by atoms with Crippen LogP contribution in [0.1, 0.15) is 0 Å². The number of halogens is 3. The van der Waals surface area contributed by atoms with E-state index in [0.717, 1.165) is 12.1 Å². The molecule has 0 amide bonds. The number of ether oxygens (including phenoxy) is 2. The number of hydrogen-bond donors (Lipinski definition) is 0. The molecule has 0 unspecified atom stereocenters. The fourth-order valence-corrected chi connectivity index (χ4v) is 1.08. The normalized spacial score (nSPS) is 10.4. The maximum absolute atomic E-state index is 12.0. The van der Waals surface area contributed by atoms with Crippen molar-refractivity contribution in [3.05, 3.63) is 28.3 Å². The summed E-state index contributed by atoms with van der Waals surface area (Å²) in [5, 5.41) is 10.4. The molecule has 0 heterocycles. The zero-order chi connectivity index (χ0) is 13.1. The maximum atomic E-state index is 12.0. The second-order valence-electron chi connectivity index (χ2n) is 3.11. The van der Waals surface area contributed by atoms with Crippen LogP contribution in [0.4, 0.5) is 18.6 Å². The van der Waals surface area contributed by atoms with Crippen molar-refractivity contribution >= 4 is 12.7 Å². The number of methoxy groups -OCH3 is 1. The molecule has 0 radical (unpaired) electrons. The summed E-state index contributed by atoms with van der Waals surface area (Å²) in [5.41, 5.74) is -0.365. The summed E-state index contributed by atoms with van der Waals surface area (Å²) in [7, 11) is 1.23. The van der Waals surface area contributed by atoms with E-state index in [9.17, 15) is 23.1 Å². The van der Waals surface area contributed by atoms with Crippen molar-refractivity contribution < 1.29 is 78.7 Å². The Bertz CT molecular complexity index is 429. The fourth-order valence-electron chi connectivity index (χ4n) is 1.08. The molecule has 0 spiro atoms. The van der Waals surface area contributed by atoms with Crippen LogP contribution in [0.5, 0.6) is 11.5 Å². The van der Waals surface area contributed by atoms with Gasteiger partial charge in [-0.15, -0.1) is 0 Å². The van der Waals surface area contributed by atoms with Crippen molar-refractivity contribution in [3.63, 3.8) is 0 Å². The predicted octanol–water partition coefficient (Wildman–Crippen LogP) is -0.627. The van der Waals surface area contributed by atoms with Crippen molar-refractivity contribution in [2.24, 2.45) is 0 Å². The first-order valence-corrected chi connectivity index (χ1v) is 4.49. The quantitative estimate of drug-likeness (QED) is 0.411. The molecule has 0 bridgehead atoms. The molecule has 10 heteroatoms. The van der Waals surface area contributed by atoms with Crippen molar-refractivity contribution in [1.29, 1.82) is 0 Å². The van der Waals surface area contributed by atoms with Crippen molar-refractivity contribution in [2.45, 2.75) is 0 Å². The van der Waals surface area contributed by atoms with E-state index in [-0.39, 0.29) is 68.6 Å². The van der Waals surface area contributed by atoms with E-state index >= 15 is 0 Å². The van der Waals surface area contributed by atoms with Gasteiger partial charge in [0, 0.05) is 6.07 Å². The Balaban J connectivity index is 0.00000289. The first-order chi connectivity index (χ1) is 7.83. The van der Waals surface area contributed by atoms with Gasteiger partial charge in [0.15, 0.2) is 11.5 Å². The Labute approximate surface area is 143 Å². The van der Waals surface area contributed by atoms with Crippen LogP contribution in [-0.4, -0.2) is 25.5 Å². The van der Waals surface area contributed by atoms with Gasteiger partial charge in [0.2, 0.25) is 0 Å². The summed E-state index contributed by atoms with van der Waals surface area (Å²) < 4.78 is 45.2. The summed E-state index contributed by atoms with van der Waals surface area (Å²) in [6.45, 7) is -6.60. The van der Waals surface area contributed by atoms with Crippen LogP contribution in [0, 0.1) is 10.1 Å². The standard InChI is InChI=1S/C8H8BF3NO4.K/c1-16-7-3-2-6(13(14)15)4-8(7)17-5-9(10,11)12;/h2-4H,5H2,1H3;/q-1;+1. The van der Waals surface area contributed by atoms with E-state index < -0.39 is 18.4 Å². The van der Waals surface area contributed by atoms with Gasteiger partial charge in [0.25, 0.3) is 5.69 Å². The molecule has 0 aliphatic rings. The monoisotopic (exact) mass is 289 g/mol. The smallest absolute Gasteiger partial charge is 0.519 e. The van der Waals surface area contributed by atoms with E-state index in [0.29, 0.717) is 0 Å². The van der Waals surface area contributed by atoms with Crippen molar-refractivity contribution in [2.75, 3.05) is 13.6 Å². The minimum Gasteiger partial charge on any atom is -0.519 e. The number of hydrogen-bond acceptors (Lipinski definition) is 4. The third kappa shape index (κ3) is 5.57. The fraction of sp³-hybridized carbons (Fsp3) is 0.250.